The van der Waals surface area contributed by atoms with Crippen molar-refractivity contribution < 1.29 is 18.0 Å². The van der Waals surface area contributed by atoms with Crippen molar-refractivity contribution in [2.24, 2.45) is 0 Å². The monoisotopic (exact) mass is 435 g/mol. The number of rotatable bonds is 5. The number of anilines is 1. The van der Waals surface area contributed by atoms with Crippen molar-refractivity contribution in [1.82, 2.24) is 9.55 Å². The molecule has 30 heavy (non-hydrogen) atoms. The zero-order valence-electron chi connectivity index (χ0n) is 15.8. The highest BCUT2D eigenvalue weighted by molar-refractivity contribution is 6.30. The van der Waals surface area contributed by atoms with E-state index in [0.717, 1.165) is 16.7 Å². The van der Waals surface area contributed by atoms with Gasteiger partial charge < -0.3 is 5.32 Å². The Labute approximate surface area is 175 Å². The average molecular weight is 436 g/mol. The summed E-state index contributed by atoms with van der Waals surface area (Å²) >= 11 is 6.04. The molecule has 2 aromatic carbocycles. The van der Waals surface area contributed by atoms with Crippen LogP contribution in [0.15, 0.2) is 59.4 Å². The molecular formula is C21H17ClF3N3O2. The van der Waals surface area contributed by atoms with Crippen molar-refractivity contribution >= 4 is 23.2 Å². The maximum atomic E-state index is 12.9. The summed E-state index contributed by atoms with van der Waals surface area (Å²) in [7, 11) is 0. The Kier molecular flexibility index (Phi) is 6.26. The van der Waals surface area contributed by atoms with Crippen LogP contribution in [0.2, 0.25) is 5.02 Å². The Balaban J connectivity index is 1.93. The lowest BCUT2D eigenvalue weighted by Gasteiger charge is -2.14. The second kappa shape index (κ2) is 8.71. The standard InChI is InChI=1S/C21H17ClF3N3O2/c1-2-16-11-19(30)28(20(27-16)13-5-3-7-15(22)9-13)12-18(29)26-17-8-4-6-14(10-17)21(23,24)25/h3-11H,2,12H2,1H3,(H,26,29). The van der Waals surface area contributed by atoms with Crippen molar-refractivity contribution in [3.63, 3.8) is 0 Å². The third kappa shape index (κ3) is 5.07. The molecule has 0 fully saturated rings. The molecule has 0 unspecified atom stereocenters. The van der Waals surface area contributed by atoms with Crippen molar-refractivity contribution in [3.05, 3.63) is 81.2 Å². The second-order valence-electron chi connectivity index (χ2n) is 6.49. The van der Waals surface area contributed by atoms with Gasteiger partial charge in [0.05, 0.1) is 5.56 Å². The average Bonchev–Trinajstić information content (AvgIpc) is 2.68. The van der Waals surface area contributed by atoms with E-state index in [2.05, 4.69) is 10.3 Å². The molecule has 0 aliphatic carbocycles. The van der Waals surface area contributed by atoms with Crippen LogP contribution < -0.4 is 10.9 Å². The lowest BCUT2D eigenvalue weighted by molar-refractivity contribution is -0.137. The number of nitrogens with zero attached hydrogens (tertiary/aromatic N) is 2. The molecule has 3 aromatic rings. The molecule has 1 aromatic heterocycles. The summed E-state index contributed by atoms with van der Waals surface area (Å²) in [6.45, 7) is 1.42. The molecule has 0 bridgehead atoms. The lowest BCUT2D eigenvalue weighted by atomic mass is 10.2. The van der Waals surface area contributed by atoms with Gasteiger partial charge in [-0.1, -0.05) is 36.7 Å². The van der Waals surface area contributed by atoms with E-state index in [1.54, 1.807) is 24.3 Å². The number of amides is 1. The van der Waals surface area contributed by atoms with Crippen LogP contribution in [-0.2, 0) is 23.9 Å². The Bertz CT molecular complexity index is 1140. The highest BCUT2D eigenvalue weighted by Gasteiger charge is 2.30. The van der Waals surface area contributed by atoms with Crippen LogP contribution >= 0.6 is 11.6 Å². The first-order chi connectivity index (χ1) is 14.2. The SMILES string of the molecule is CCc1cc(=O)n(CC(=O)Nc2cccc(C(F)(F)F)c2)c(-c2cccc(Cl)c2)n1. The highest BCUT2D eigenvalue weighted by atomic mass is 35.5. The van der Waals surface area contributed by atoms with Crippen LogP contribution in [0.4, 0.5) is 18.9 Å². The smallest absolute Gasteiger partial charge is 0.325 e. The fraction of sp³-hybridized carbons (Fsp3) is 0.190. The van der Waals surface area contributed by atoms with Gasteiger partial charge in [0.15, 0.2) is 0 Å². The van der Waals surface area contributed by atoms with Crippen LogP contribution in [-0.4, -0.2) is 15.5 Å². The third-order valence-corrected chi connectivity index (χ3v) is 4.52. The van der Waals surface area contributed by atoms with Crippen molar-refractivity contribution in [2.45, 2.75) is 26.1 Å². The Morgan fingerprint density at radius 3 is 2.53 bits per heavy atom. The van der Waals surface area contributed by atoms with Gasteiger partial charge in [-0.3, -0.25) is 14.2 Å². The molecule has 0 saturated heterocycles. The topological polar surface area (TPSA) is 64.0 Å². The second-order valence-corrected chi connectivity index (χ2v) is 6.92. The number of nitrogens with one attached hydrogen (secondary N) is 1. The minimum absolute atomic E-state index is 0.0229. The van der Waals surface area contributed by atoms with E-state index in [1.165, 1.54) is 18.2 Å². The van der Waals surface area contributed by atoms with Crippen molar-refractivity contribution in [2.75, 3.05) is 5.32 Å². The molecule has 0 atom stereocenters. The van der Waals surface area contributed by atoms with E-state index in [9.17, 15) is 22.8 Å². The Hall–Kier alpha value is -3.13. The number of aryl methyl sites for hydroxylation is 1. The normalized spacial score (nSPS) is 11.4. The molecule has 1 amide bonds. The summed E-state index contributed by atoms with van der Waals surface area (Å²) in [4.78, 5) is 29.6. The molecule has 0 aliphatic heterocycles. The van der Waals surface area contributed by atoms with Gasteiger partial charge in [0.25, 0.3) is 5.56 Å². The van der Waals surface area contributed by atoms with Crippen LogP contribution in [0.1, 0.15) is 18.2 Å². The molecule has 9 heteroatoms. The van der Waals surface area contributed by atoms with Gasteiger partial charge >= 0.3 is 6.18 Å². The molecule has 1 N–H and O–H groups in total. The zero-order chi connectivity index (χ0) is 21.9. The number of carbonyl (C=O) groups is 1. The first-order valence-electron chi connectivity index (χ1n) is 9.01. The maximum absolute atomic E-state index is 12.9. The van der Waals surface area contributed by atoms with E-state index in [1.807, 2.05) is 6.92 Å². The van der Waals surface area contributed by atoms with Gasteiger partial charge in [0.2, 0.25) is 5.91 Å². The number of benzene rings is 2. The zero-order valence-corrected chi connectivity index (χ0v) is 16.6. The quantitative estimate of drug-likeness (QED) is 0.627. The molecule has 0 aliphatic rings. The highest BCUT2D eigenvalue weighted by Crippen LogP contribution is 2.30. The number of alkyl halides is 3. The van der Waals surface area contributed by atoms with Crippen LogP contribution in [0, 0.1) is 0 Å². The summed E-state index contributed by atoms with van der Waals surface area (Å²) in [5.41, 5.74) is -0.265. The lowest BCUT2D eigenvalue weighted by Crippen LogP contribution is -2.30. The van der Waals surface area contributed by atoms with E-state index in [-0.39, 0.29) is 11.5 Å². The van der Waals surface area contributed by atoms with Crippen LogP contribution in [0.3, 0.4) is 0 Å². The number of carbonyl (C=O) groups excluding carboxylic acids is 1. The molecule has 0 spiro atoms. The molecule has 0 radical (unpaired) electrons. The fourth-order valence-electron chi connectivity index (χ4n) is 2.85. The van der Waals surface area contributed by atoms with Crippen LogP contribution in [0.25, 0.3) is 11.4 Å². The predicted molar refractivity (Wildman–Crippen MR) is 108 cm³/mol. The largest absolute Gasteiger partial charge is 0.416 e. The number of hydrogen-bond donors (Lipinski definition) is 1. The summed E-state index contributed by atoms with van der Waals surface area (Å²) in [5.74, 6) is -0.410. The first kappa shape index (κ1) is 21.6. The van der Waals surface area contributed by atoms with E-state index < -0.39 is 29.8 Å². The number of hydrogen-bond acceptors (Lipinski definition) is 3. The van der Waals surface area contributed by atoms with E-state index in [4.69, 9.17) is 11.6 Å². The Morgan fingerprint density at radius 1 is 1.13 bits per heavy atom. The summed E-state index contributed by atoms with van der Waals surface area (Å²) < 4.78 is 39.8. The molecular weight excluding hydrogens is 419 g/mol. The van der Waals surface area contributed by atoms with Gasteiger partial charge in [0.1, 0.15) is 12.4 Å². The molecule has 5 nitrogen and oxygen atoms in total. The van der Waals surface area contributed by atoms with Gasteiger partial charge in [-0.05, 0) is 36.8 Å². The van der Waals surface area contributed by atoms with Gasteiger partial charge in [-0.2, -0.15) is 13.2 Å². The number of halogens is 4. The Morgan fingerprint density at radius 2 is 1.87 bits per heavy atom. The van der Waals surface area contributed by atoms with E-state index >= 15 is 0 Å². The molecule has 1 heterocycles. The van der Waals surface area contributed by atoms with Crippen LogP contribution in [0.5, 0.6) is 0 Å². The van der Waals surface area contributed by atoms with E-state index in [0.29, 0.717) is 22.7 Å². The summed E-state index contributed by atoms with van der Waals surface area (Å²) in [5, 5.41) is 2.83. The summed E-state index contributed by atoms with van der Waals surface area (Å²) in [6.07, 6.45) is -4.02. The van der Waals surface area contributed by atoms with Gasteiger partial charge in [-0.15, -0.1) is 0 Å². The predicted octanol–water partition coefficient (Wildman–Crippen LogP) is 4.78. The minimum atomic E-state index is -4.53. The fourth-order valence-corrected chi connectivity index (χ4v) is 3.04. The number of aromatic nitrogens is 2. The maximum Gasteiger partial charge on any atom is 0.416 e. The molecule has 0 saturated carbocycles. The van der Waals surface area contributed by atoms with Crippen molar-refractivity contribution in [1.29, 1.82) is 0 Å². The van der Waals surface area contributed by atoms with Gasteiger partial charge in [0, 0.05) is 28.0 Å². The first-order valence-corrected chi connectivity index (χ1v) is 9.39. The third-order valence-electron chi connectivity index (χ3n) is 4.28. The summed E-state index contributed by atoms with van der Waals surface area (Å²) in [6, 6.07) is 12.3. The molecule has 156 valence electrons. The van der Waals surface area contributed by atoms with Gasteiger partial charge in [-0.25, -0.2) is 4.98 Å². The molecule has 3 rings (SSSR count). The van der Waals surface area contributed by atoms with Crippen molar-refractivity contribution in [3.8, 4) is 11.4 Å². The minimum Gasteiger partial charge on any atom is -0.325 e.